The molecule has 2 fully saturated rings. The van der Waals surface area contributed by atoms with Gasteiger partial charge in [-0.05, 0) is 78.9 Å². The molecule has 2 heterocycles. The lowest BCUT2D eigenvalue weighted by Gasteiger charge is -2.36. The van der Waals surface area contributed by atoms with Gasteiger partial charge in [-0.25, -0.2) is 0 Å². The second-order valence-electron chi connectivity index (χ2n) is 5.27. The van der Waals surface area contributed by atoms with Crippen LogP contribution in [0, 0.1) is 3.57 Å². The summed E-state index contributed by atoms with van der Waals surface area (Å²) >= 11 is 2.38. The summed E-state index contributed by atoms with van der Waals surface area (Å²) < 4.78 is 1.34. The smallest absolute Gasteiger partial charge is 0.0130 e. The van der Waals surface area contributed by atoms with Crippen LogP contribution in [0.5, 0.6) is 0 Å². The summed E-state index contributed by atoms with van der Waals surface area (Å²) in [7, 11) is 2.31. The molecule has 2 aliphatic heterocycles. The number of benzene rings is 1. The molecule has 0 saturated carbocycles. The minimum atomic E-state index is 0.811. The molecule has 0 N–H and O–H groups in total. The summed E-state index contributed by atoms with van der Waals surface area (Å²) in [4.78, 5) is 2.61. The molecule has 0 amide bonds. The van der Waals surface area contributed by atoms with Crippen molar-refractivity contribution < 1.29 is 0 Å². The van der Waals surface area contributed by atoms with Gasteiger partial charge >= 0.3 is 0 Å². The van der Waals surface area contributed by atoms with Crippen molar-refractivity contribution in [2.75, 3.05) is 7.05 Å². The molecule has 0 aromatic heterocycles. The second-order valence-corrected chi connectivity index (χ2v) is 6.52. The van der Waals surface area contributed by atoms with Crippen LogP contribution in [0.4, 0.5) is 0 Å². The van der Waals surface area contributed by atoms with Gasteiger partial charge in [-0.3, -0.25) is 0 Å². The predicted molar refractivity (Wildman–Crippen MR) is 75.7 cm³/mol. The van der Waals surface area contributed by atoms with E-state index < -0.39 is 0 Å². The van der Waals surface area contributed by atoms with Crippen molar-refractivity contribution in [2.24, 2.45) is 0 Å². The Morgan fingerprint density at radius 3 is 2.19 bits per heavy atom. The first kappa shape index (κ1) is 11.0. The molecule has 0 spiro atoms. The minimum Gasteiger partial charge on any atom is -0.300 e. The molecule has 2 heteroatoms. The normalized spacial score (nSPS) is 34.2. The van der Waals surface area contributed by atoms with Crippen LogP contribution in [0.2, 0.25) is 0 Å². The molecule has 2 aliphatic rings. The Balaban J connectivity index is 1.80. The summed E-state index contributed by atoms with van der Waals surface area (Å²) in [5, 5.41) is 0. The standard InChI is InChI=1S/C14H18IN/c1-16-13-6-7-14(16)9-11(8-13)10-2-4-12(15)5-3-10/h2-5,11,13-14H,6-9H2,1H3/t11-,13-,14+. The lowest BCUT2D eigenvalue weighted by atomic mass is 9.85. The first-order chi connectivity index (χ1) is 7.74. The Morgan fingerprint density at radius 1 is 1.06 bits per heavy atom. The Labute approximate surface area is 111 Å². The maximum Gasteiger partial charge on any atom is 0.0130 e. The highest BCUT2D eigenvalue weighted by Gasteiger charge is 2.38. The van der Waals surface area contributed by atoms with Gasteiger partial charge in [-0.1, -0.05) is 12.1 Å². The molecule has 0 radical (unpaired) electrons. The van der Waals surface area contributed by atoms with Crippen LogP contribution in [0.3, 0.4) is 0 Å². The first-order valence-corrected chi connectivity index (χ1v) is 7.29. The molecule has 86 valence electrons. The van der Waals surface area contributed by atoms with E-state index in [0.717, 1.165) is 18.0 Å². The third kappa shape index (κ3) is 1.90. The van der Waals surface area contributed by atoms with E-state index in [4.69, 9.17) is 0 Å². The van der Waals surface area contributed by atoms with Gasteiger partial charge in [-0.15, -0.1) is 0 Å². The lowest BCUT2D eigenvalue weighted by Crippen LogP contribution is -2.39. The van der Waals surface area contributed by atoms with Crippen LogP contribution in [0.1, 0.15) is 37.2 Å². The minimum absolute atomic E-state index is 0.811. The van der Waals surface area contributed by atoms with Crippen molar-refractivity contribution in [2.45, 2.75) is 43.7 Å². The van der Waals surface area contributed by atoms with Gasteiger partial charge in [0, 0.05) is 15.7 Å². The molecule has 3 atom stereocenters. The van der Waals surface area contributed by atoms with E-state index >= 15 is 0 Å². The Bertz CT molecular complexity index is 359. The summed E-state index contributed by atoms with van der Waals surface area (Å²) in [6.07, 6.45) is 5.57. The summed E-state index contributed by atoms with van der Waals surface area (Å²) in [6.45, 7) is 0. The topological polar surface area (TPSA) is 3.24 Å². The molecule has 3 rings (SSSR count). The van der Waals surface area contributed by atoms with Gasteiger partial charge in [0.2, 0.25) is 0 Å². The third-order valence-electron chi connectivity index (χ3n) is 4.44. The van der Waals surface area contributed by atoms with Crippen molar-refractivity contribution in [3.05, 3.63) is 33.4 Å². The monoisotopic (exact) mass is 327 g/mol. The van der Waals surface area contributed by atoms with Crippen molar-refractivity contribution in [1.29, 1.82) is 0 Å². The lowest BCUT2D eigenvalue weighted by molar-refractivity contribution is 0.161. The zero-order chi connectivity index (χ0) is 11.1. The van der Waals surface area contributed by atoms with Gasteiger partial charge in [-0.2, -0.15) is 0 Å². The fraction of sp³-hybridized carbons (Fsp3) is 0.571. The van der Waals surface area contributed by atoms with E-state index in [9.17, 15) is 0 Å². The van der Waals surface area contributed by atoms with Crippen LogP contribution in [0.15, 0.2) is 24.3 Å². The van der Waals surface area contributed by atoms with Crippen LogP contribution in [-0.4, -0.2) is 24.0 Å². The molecular weight excluding hydrogens is 309 g/mol. The van der Waals surface area contributed by atoms with Gasteiger partial charge < -0.3 is 4.90 Å². The number of nitrogens with zero attached hydrogens (tertiary/aromatic N) is 1. The number of hydrogen-bond donors (Lipinski definition) is 0. The van der Waals surface area contributed by atoms with Crippen LogP contribution >= 0.6 is 22.6 Å². The third-order valence-corrected chi connectivity index (χ3v) is 5.16. The number of fused-ring (bicyclic) bond motifs is 2. The predicted octanol–water partition coefficient (Wildman–Crippen LogP) is 3.63. The molecule has 1 nitrogen and oxygen atoms in total. The van der Waals surface area contributed by atoms with Gasteiger partial charge in [0.15, 0.2) is 0 Å². The largest absolute Gasteiger partial charge is 0.300 e. The van der Waals surface area contributed by atoms with Crippen molar-refractivity contribution in [3.8, 4) is 0 Å². The quantitative estimate of drug-likeness (QED) is 0.712. The molecule has 2 bridgehead atoms. The molecule has 2 saturated heterocycles. The molecule has 16 heavy (non-hydrogen) atoms. The van der Waals surface area contributed by atoms with Crippen LogP contribution < -0.4 is 0 Å². The van der Waals surface area contributed by atoms with Gasteiger partial charge in [0.1, 0.15) is 0 Å². The van der Waals surface area contributed by atoms with E-state index in [2.05, 4.69) is 58.8 Å². The second kappa shape index (κ2) is 4.30. The summed E-state index contributed by atoms with van der Waals surface area (Å²) in [5.41, 5.74) is 1.56. The van der Waals surface area contributed by atoms with Crippen LogP contribution in [-0.2, 0) is 0 Å². The average Bonchev–Trinajstić information content (AvgIpc) is 2.54. The Kier molecular flexibility index (Phi) is 2.96. The zero-order valence-electron chi connectivity index (χ0n) is 9.70. The zero-order valence-corrected chi connectivity index (χ0v) is 11.9. The number of piperidine rings is 1. The molecule has 1 aromatic rings. The number of hydrogen-bond acceptors (Lipinski definition) is 1. The van der Waals surface area contributed by atoms with E-state index in [0.29, 0.717) is 0 Å². The van der Waals surface area contributed by atoms with E-state index in [-0.39, 0.29) is 0 Å². The van der Waals surface area contributed by atoms with E-state index in [1.807, 2.05) is 0 Å². The highest BCUT2D eigenvalue weighted by Crippen LogP contribution is 2.41. The maximum absolute atomic E-state index is 2.61. The fourth-order valence-electron chi connectivity index (χ4n) is 3.42. The highest BCUT2D eigenvalue weighted by molar-refractivity contribution is 14.1. The SMILES string of the molecule is CN1[C@@H]2CC[C@H]1C[C@H](c1ccc(I)cc1)C2. The molecule has 0 unspecified atom stereocenters. The molecule has 1 aromatic carbocycles. The van der Waals surface area contributed by atoms with Gasteiger partial charge in [0.25, 0.3) is 0 Å². The number of rotatable bonds is 1. The summed E-state index contributed by atoms with van der Waals surface area (Å²) in [6, 6.07) is 10.9. The molecule has 0 aliphatic carbocycles. The average molecular weight is 327 g/mol. The van der Waals surface area contributed by atoms with Crippen molar-refractivity contribution >= 4 is 22.6 Å². The number of halogens is 1. The van der Waals surface area contributed by atoms with E-state index in [1.54, 1.807) is 5.56 Å². The van der Waals surface area contributed by atoms with Crippen molar-refractivity contribution in [1.82, 2.24) is 4.90 Å². The summed E-state index contributed by atoms with van der Waals surface area (Å²) in [5.74, 6) is 0.811. The molecular formula is C14H18IN. The maximum atomic E-state index is 2.61. The van der Waals surface area contributed by atoms with Gasteiger partial charge in [0.05, 0.1) is 0 Å². The fourth-order valence-corrected chi connectivity index (χ4v) is 3.78. The van der Waals surface area contributed by atoms with E-state index in [1.165, 1.54) is 29.3 Å². The van der Waals surface area contributed by atoms with Crippen molar-refractivity contribution in [3.63, 3.8) is 0 Å². The van der Waals surface area contributed by atoms with Crippen LogP contribution in [0.25, 0.3) is 0 Å². The first-order valence-electron chi connectivity index (χ1n) is 6.21. The Morgan fingerprint density at radius 2 is 1.62 bits per heavy atom. The Hall–Kier alpha value is -0.0900. The highest BCUT2D eigenvalue weighted by atomic mass is 127.